The maximum Gasteiger partial charge on any atom is 0.347 e. The molecule has 0 fully saturated rings. The molecule has 1 N–H and O–H groups in total. The van der Waals surface area contributed by atoms with Crippen LogP contribution in [-0.2, 0) is 9.59 Å². The van der Waals surface area contributed by atoms with E-state index in [0.29, 0.717) is 5.56 Å². The van der Waals surface area contributed by atoms with E-state index in [2.05, 4.69) is 0 Å². The lowest BCUT2D eigenvalue weighted by Crippen LogP contribution is -3.00. The van der Waals surface area contributed by atoms with Crippen molar-refractivity contribution in [1.82, 2.24) is 0 Å². The minimum Gasteiger partial charge on any atom is -1.00 e. The van der Waals surface area contributed by atoms with Crippen LogP contribution in [0.5, 0.6) is 0 Å². The maximum absolute atomic E-state index is 10.4. The van der Waals surface area contributed by atoms with E-state index in [1.54, 1.807) is 30.3 Å². The first kappa shape index (κ1) is 11.4. The fraction of sp³-hybridized carbons (Fsp3) is 0. The summed E-state index contributed by atoms with van der Waals surface area (Å²) in [6.45, 7) is 0. The molecule has 0 heterocycles. The molecule has 0 aliphatic heterocycles. The Morgan fingerprint density at radius 3 is 2.15 bits per heavy atom. The number of halogens is 1. The molecule has 1 aromatic rings. The van der Waals surface area contributed by atoms with Crippen LogP contribution >= 0.6 is 0 Å². The molecule has 3 nitrogen and oxygen atoms in total. The summed E-state index contributed by atoms with van der Waals surface area (Å²) < 4.78 is 0. The van der Waals surface area contributed by atoms with Crippen LogP contribution in [0.3, 0.4) is 0 Å². The van der Waals surface area contributed by atoms with Gasteiger partial charge in [0.2, 0.25) is 0 Å². The van der Waals surface area contributed by atoms with Gasteiger partial charge in [-0.2, -0.15) is 0 Å². The lowest BCUT2D eigenvalue weighted by Gasteiger charge is -1.95. The Kier molecular flexibility index (Phi) is 4.52. The number of carboxylic acids is 1. The summed E-state index contributed by atoms with van der Waals surface area (Å²) in [7, 11) is 0. The molecule has 1 rings (SSSR count). The summed E-state index contributed by atoms with van der Waals surface area (Å²) >= 11 is 0. The molecule has 0 radical (unpaired) electrons. The predicted molar refractivity (Wildman–Crippen MR) is 43.2 cm³/mol. The zero-order valence-corrected chi connectivity index (χ0v) is 7.28. The van der Waals surface area contributed by atoms with Crippen LogP contribution in [0.25, 0.3) is 5.57 Å². The molecule has 0 spiro atoms. The number of carbonyl (C=O) groups excluding carboxylic acids is 1. The Morgan fingerprint density at radius 1 is 1.23 bits per heavy atom. The zero-order chi connectivity index (χ0) is 8.97. The van der Waals surface area contributed by atoms with Gasteiger partial charge in [0.15, 0.2) is 5.57 Å². The standard InChI is InChI=1S/C9H6O3.ClH/c10-6-8(9(11)12)7-4-2-1-3-5-7;/h1-5H,(H,11,12);1H/p-1. The molecule has 0 aliphatic carbocycles. The van der Waals surface area contributed by atoms with Crippen molar-refractivity contribution in [2.45, 2.75) is 0 Å². The van der Waals surface area contributed by atoms with Gasteiger partial charge in [0.25, 0.3) is 0 Å². The van der Waals surface area contributed by atoms with Crippen LogP contribution in [0, 0.1) is 0 Å². The third-order valence-electron chi connectivity index (χ3n) is 1.38. The second-order valence-electron chi connectivity index (χ2n) is 2.15. The Labute approximate surface area is 81.1 Å². The Hall–Kier alpha value is -1.57. The molecule has 0 bridgehead atoms. The van der Waals surface area contributed by atoms with Gasteiger partial charge in [0, 0.05) is 5.56 Å². The van der Waals surface area contributed by atoms with Crippen LogP contribution in [-0.4, -0.2) is 17.0 Å². The molecule has 1 aromatic carbocycles. The number of hydrogen-bond donors (Lipinski definition) is 1. The van der Waals surface area contributed by atoms with Crippen LogP contribution in [0.4, 0.5) is 0 Å². The van der Waals surface area contributed by atoms with Crippen molar-refractivity contribution in [3.05, 3.63) is 35.9 Å². The topological polar surface area (TPSA) is 54.4 Å². The average Bonchev–Trinajstić information content (AvgIpc) is 2.07. The number of benzene rings is 1. The van der Waals surface area contributed by atoms with Crippen LogP contribution in [0.2, 0.25) is 0 Å². The van der Waals surface area contributed by atoms with Gasteiger partial charge in [-0.25, -0.2) is 9.59 Å². The van der Waals surface area contributed by atoms with E-state index < -0.39 is 5.97 Å². The Morgan fingerprint density at radius 2 is 1.77 bits per heavy atom. The molecular weight excluding hydrogens is 192 g/mol. The molecule has 0 unspecified atom stereocenters. The van der Waals surface area contributed by atoms with Crippen molar-refractivity contribution >= 4 is 17.5 Å². The lowest BCUT2D eigenvalue weighted by molar-refractivity contribution is -0.130. The molecule has 0 saturated carbocycles. The smallest absolute Gasteiger partial charge is 0.347 e. The molecule has 0 saturated heterocycles. The van der Waals surface area contributed by atoms with E-state index in [0.717, 1.165) is 0 Å². The van der Waals surface area contributed by atoms with Gasteiger partial charge >= 0.3 is 5.97 Å². The van der Waals surface area contributed by atoms with Crippen molar-refractivity contribution in [2.75, 3.05) is 0 Å². The summed E-state index contributed by atoms with van der Waals surface area (Å²) in [5.74, 6) is 0.131. The first-order valence-corrected chi connectivity index (χ1v) is 3.29. The van der Waals surface area contributed by atoms with Crippen molar-refractivity contribution < 1.29 is 27.1 Å². The fourth-order valence-corrected chi connectivity index (χ4v) is 0.831. The largest absolute Gasteiger partial charge is 1.00 e. The summed E-state index contributed by atoms with van der Waals surface area (Å²) in [6.07, 6.45) is 0. The van der Waals surface area contributed by atoms with Gasteiger partial charge in [0.1, 0.15) is 5.94 Å². The normalized spacial score (nSPS) is 8.00. The molecule has 0 atom stereocenters. The second kappa shape index (κ2) is 5.14. The lowest BCUT2D eigenvalue weighted by atomic mass is 10.1. The summed E-state index contributed by atoms with van der Waals surface area (Å²) in [6, 6.07) is 8.17. The van der Waals surface area contributed by atoms with Crippen LogP contribution < -0.4 is 12.4 Å². The first-order chi connectivity index (χ1) is 5.75. The van der Waals surface area contributed by atoms with Crippen LogP contribution in [0.1, 0.15) is 5.56 Å². The number of aliphatic carboxylic acids is 1. The van der Waals surface area contributed by atoms with Gasteiger partial charge in [-0.05, 0) is 0 Å². The maximum atomic E-state index is 10.4. The zero-order valence-electron chi connectivity index (χ0n) is 6.53. The minimum absolute atomic E-state index is 0. The number of carbonyl (C=O) groups is 1. The third kappa shape index (κ3) is 2.75. The highest BCUT2D eigenvalue weighted by atomic mass is 35.5. The van der Waals surface area contributed by atoms with Gasteiger partial charge in [-0.3, -0.25) is 0 Å². The van der Waals surface area contributed by atoms with Crippen molar-refractivity contribution in [3.63, 3.8) is 0 Å². The molecule has 4 heteroatoms. The fourth-order valence-electron chi connectivity index (χ4n) is 0.831. The number of carboxylic acid groups (broad SMARTS) is 1. The summed E-state index contributed by atoms with van der Waals surface area (Å²) in [5.41, 5.74) is 0.0376. The highest BCUT2D eigenvalue weighted by molar-refractivity contribution is 6.24. The molecule has 0 amide bonds. The van der Waals surface area contributed by atoms with E-state index >= 15 is 0 Å². The highest BCUT2D eigenvalue weighted by Gasteiger charge is 2.09. The average molecular weight is 198 g/mol. The molecule has 13 heavy (non-hydrogen) atoms. The SMILES string of the molecule is O=C=C(C(=O)O)c1ccccc1.[Cl-]. The summed E-state index contributed by atoms with van der Waals surface area (Å²) in [4.78, 5) is 20.6. The van der Waals surface area contributed by atoms with Crippen molar-refractivity contribution in [1.29, 1.82) is 0 Å². The Bertz CT molecular complexity index is 339. The number of hydrogen-bond acceptors (Lipinski definition) is 2. The van der Waals surface area contributed by atoms with E-state index in [1.165, 1.54) is 5.94 Å². The van der Waals surface area contributed by atoms with Crippen LogP contribution in [0.15, 0.2) is 30.3 Å². The number of rotatable bonds is 2. The molecule has 0 aliphatic rings. The van der Waals surface area contributed by atoms with Gasteiger partial charge < -0.3 is 17.5 Å². The summed E-state index contributed by atoms with van der Waals surface area (Å²) in [5, 5.41) is 8.53. The predicted octanol–water partition coefficient (Wildman–Crippen LogP) is -2.01. The monoisotopic (exact) mass is 197 g/mol. The van der Waals surface area contributed by atoms with Gasteiger partial charge in [-0.1, -0.05) is 30.3 Å². The van der Waals surface area contributed by atoms with E-state index in [1.807, 2.05) is 0 Å². The van der Waals surface area contributed by atoms with Crippen molar-refractivity contribution in [2.24, 2.45) is 0 Å². The van der Waals surface area contributed by atoms with Gasteiger partial charge in [0.05, 0.1) is 0 Å². The Balaban J connectivity index is 0.00000144. The molecule has 68 valence electrons. The third-order valence-corrected chi connectivity index (χ3v) is 1.38. The first-order valence-electron chi connectivity index (χ1n) is 3.29. The highest BCUT2D eigenvalue weighted by Crippen LogP contribution is 2.09. The minimum atomic E-state index is -1.25. The van der Waals surface area contributed by atoms with E-state index in [9.17, 15) is 9.59 Å². The second-order valence-corrected chi connectivity index (χ2v) is 2.15. The van der Waals surface area contributed by atoms with E-state index in [-0.39, 0.29) is 18.0 Å². The molecular formula is C9H6ClO3-. The van der Waals surface area contributed by atoms with E-state index in [4.69, 9.17) is 5.11 Å². The molecule has 0 aromatic heterocycles. The quantitative estimate of drug-likeness (QED) is 0.440. The van der Waals surface area contributed by atoms with Gasteiger partial charge in [-0.15, -0.1) is 0 Å². The van der Waals surface area contributed by atoms with Crippen molar-refractivity contribution in [3.8, 4) is 0 Å².